The maximum atomic E-state index is 12.9. The molecular formula is C11H8F2N2O2. The molecule has 0 fully saturated rings. The zero-order valence-corrected chi connectivity index (χ0v) is 8.83. The number of nitrogens with one attached hydrogen (secondary N) is 1. The SMILES string of the molecule is Cc1cc(C(=O)Nc2cc(F)cc(F)c2)no1. The molecule has 1 aromatic carbocycles. The van der Waals surface area contributed by atoms with Crippen molar-refractivity contribution in [3.05, 3.63) is 47.4 Å². The highest BCUT2D eigenvalue weighted by Gasteiger charge is 2.12. The normalized spacial score (nSPS) is 10.3. The zero-order valence-electron chi connectivity index (χ0n) is 8.83. The number of rotatable bonds is 2. The number of anilines is 1. The predicted molar refractivity (Wildman–Crippen MR) is 55.6 cm³/mol. The van der Waals surface area contributed by atoms with Crippen LogP contribution >= 0.6 is 0 Å². The molecule has 1 N–H and O–H groups in total. The number of carbonyl (C=O) groups is 1. The summed E-state index contributed by atoms with van der Waals surface area (Å²) < 4.78 is 30.4. The second kappa shape index (κ2) is 4.32. The van der Waals surface area contributed by atoms with Crippen LogP contribution in [0.15, 0.2) is 28.8 Å². The fourth-order valence-corrected chi connectivity index (χ4v) is 1.29. The third-order valence-electron chi connectivity index (χ3n) is 1.98. The van der Waals surface area contributed by atoms with E-state index in [1.165, 1.54) is 6.07 Å². The average molecular weight is 238 g/mol. The maximum absolute atomic E-state index is 12.9. The topological polar surface area (TPSA) is 55.1 Å². The van der Waals surface area contributed by atoms with E-state index in [1.807, 2.05) is 0 Å². The van der Waals surface area contributed by atoms with Gasteiger partial charge >= 0.3 is 0 Å². The van der Waals surface area contributed by atoms with Gasteiger partial charge in [0, 0.05) is 17.8 Å². The number of amides is 1. The summed E-state index contributed by atoms with van der Waals surface area (Å²) in [5.74, 6) is -1.65. The Balaban J connectivity index is 2.18. The van der Waals surface area contributed by atoms with Gasteiger partial charge in [0.15, 0.2) is 5.69 Å². The molecule has 2 rings (SSSR count). The first kappa shape index (κ1) is 11.3. The Hall–Kier alpha value is -2.24. The number of halogens is 2. The number of hydrogen-bond acceptors (Lipinski definition) is 3. The van der Waals surface area contributed by atoms with E-state index in [1.54, 1.807) is 6.92 Å². The van der Waals surface area contributed by atoms with Crippen molar-refractivity contribution in [2.45, 2.75) is 6.92 Å². The van der Waals surface area contributed by atoms with Crippen molar-refractivity contribution < 1.29 is 18.1 Å². The van der Waals surface area contributed by atoms with Gasteiger partial charge in [-0.3, -0.25) is 4.79 Å². The number of hydrogen-bond donors (Lipinski definition) is 1. The van der Waals surface area contributed by atoms with Crippen molar-refractivity contribution in [3.63, 3.8) is 0 Å². The van der Waals surface area contributed by atoms with Crippen LogP contribution in [-0.4, -0.2) is 11.1 Å². The van der Waals surface area contributed by atoms with Crippen LogP contribution in [0.5, 0.6) is 0 Å². The second-order valence-electron chi connectivity index (χ2n) is 3.44. The van der Waals surface area contributed by atoms with Gasteiger partial charge in [0.25, 0.3) is 5.91 Å². The van der Waals surface area contributed by atoms with Crippen molar-refractivity contribution in [1.29, 1.82) is 0 Å². The maximum Gasteiger partial charge on any atom is 0.277 e. The predicted octanol–water partition coefficient (Wildman–Crippen LogP) is 2.51. The van der Waals surface area contributed by atoms with Crippen LogP contribution in [0, 0.1) is 18.6 Å². The summed E-state index contributed by atoms with van der Waals surface area (Å²) in [5, 5.41) is 5.79. The van der Waals surface area contributed by atoms with Crippen LogP contribution in [0.2, 0.25) is 0 Å². The molecule has 0 aliphatic rings. The lowest BCUT2D eigenvalue weighted by Crippen LogP contribution is -2.12. The van der Waals surface area contributed by atoms with Gasteiger partial charge in [-0.2, -0.15) is 0 Å². The van der Waals surface area contributed by atoms with Gasteiger partial charge in [0.2, 0.25) is 0 Å². The first-order valence-corrected chi connectivity index (χ1v) is 4.75. The fourth-order valence-electron chi connectivity index (χ4n) is 1.29. The molecular weight excluding hydrogens is 230 g/mol. The molecule has 6 heteroatoms. The van der Waals surface area contributed by atoms with E-state index in [0.29, 0.717) is 5.76 Å². The van der Waals surface area contributed by atoms with Crippen molar-refractivity contribution in [2.75, 3.05) is 5.32 Å². The third-order valence-corrected chi connectivity index (χ3v) is 1.98. The lowest BCUT2D eigenvalue weighted by molar-refractivity contribution is 0.101. The van der Waals surface area contributed by atoms with Crippen LogP contribution in [-0.2, 0) is 0 Å². The molecule has 88 valence electrons. The number of aryl methyl sites for hydroxylation is 1. The van der Waals surface area contributed by atoms with Gasteiger partial charge in [-0.05, 0) is 19.1 Å². The molecule has 0 aliphatic heterocycles. The summed E-state index contributed by atoms with van der Waals surface area (Å²) in [7, 11) is 0. The second-order valence-corrected chi connectivity index (χ2v) is 3.44. The molecule has 0 spiro atoms. The molecule has 2 aromatic rings. The molecule has 1 aromatic heterocycles. The minimum absolute atomic E-state index is 0.0214. The summed E-state index contributed by atoms with van der Waals surface area (Å²) >= 11 is 0. The van der Waals surface area contributed by atoms with Crippen LogP contribution in [0.3, 0.4) is 0 Å². The number of carbonyl (C=O) groups excluding carboxylic acids is 1. The lowest BCUT2D eigenvalue weighted by atomic mass is 10.3. The molecule has 1 amide bonds. The zero-order chi connectivity index (χ0) is 12.4. The Kier molecular flexibility index (Phi) is 2.86. The van der Waals surface area contributed by atoms with Gasteiger partial charge in [-0.25, -0.2) is 8.78 Å². The van der Waals surface area contributed by atoms with E-state index in [4.69, 9.17) is 4.52 Å². The summed E-state index contributed by atoms with van der Waals surface area (Å²) in [6.45, 7) is 1.63. The molecule has 0 saturated heterocycles. The minimum Gasteiger partial charge on any atom is -0.361 e. The monoisotopic (exact) mass is 238 g/mol. The van der Waals surface area contributed by atoms with Crippen LogP contribution < -0.4 is 5.32 Å². The summed E-state index contributed by atoms with van der Waals surface area (Å²) in [6, 6.07) is 4.16. The van der Waals surface area contributed by atoms with Crippen molar-refractivity contribution in [3.8, 4) is 0 Å². The third kappa shape index (κ3) is 2.66. The van der Waals surface area contributed by atoms with Crippen LogP contribution in [0.25, 0.3) is 0 Å². The molecule has 0 saturated carbocycles. The van der Waals surface area contributed by atoms with E-state index in [9.17, 15) is 13.6 Å². The van der Waals surface area contributed by atoms with Gasteiger partial charge in [-0.1, -0.05) is 5.16 Å². The molecule has 4 nitrogen and oxygen atoms in total. The Morgan fingerprint density at radius 3 is 2.41 bits per heavy atom. The Labute approximate surface area is 95.2 Å². The van der Waals surface area contributed by atoms with Gasteiger partial charge in [0.1, 0.15) is 17.4 Å². The highest BCUT2D eigenvalue weighted by atomic mass is 19.1. The van der Waals surface area contributed by atoms with Gasteiger partial charge < -0.3 is 9.84 Å². The number of aromatic nitrogens is 1. The molecule has 0 atom stereocenters. The van der Waals surface area contributed by atoms with E-state index in [-0.39, 0.29) is 11.4 Å². The first-order chi connectivity index (χ1) is 8.04. The summed E-state index contributed by atoms with van der Waals surface area (Å²) in [5.41, 5.74) is 0.0697. The van der Waals surface area contributed by atoms with E-state index in [0.717, 1.165) is 18.2 Å². The van der Waals surface area contributed by atoms with Crippen molar-refractivity contribution >= 4 is 11.6 Å². The Bertz CT molecular complexity index is 546. The van der Waals surface area contributed by atoms with Crippen LogP contribution in [0.1, 0.15) is 16.2 Å². The number of nitrogens with zero attached hydrogens (tertiary/aromatic N) is 1. The Morgan fingerprint density at radius 1 is 1.24 bits per heavy atom. The standard InChI is InChI=1S/C11H8F2N2O2/c1-6-2-10(15-17-6)11(16)14-9-4-7(12)3-8(13)5-9/h2-5H,1H3,(H,14,16). The highest BCUT2D eigenvalue weighted by molar-refractivity contribution is 6.02. The summed E-state index contributed by atoms with van der Waals surface area (Å²) in [4.78, 5) is 11.6. The van der Waals surface area contributed by atoms with Gasteiger partial charge in [-0.15, -0.1) is 0 Å². The van der Waals surface area contributed by atoms with Gasteiger partial charge in [0.05, 0.1) is 0 Å². The molecule has 0 radical (unpaired) electrons. The molecule has 17 heavy (non-hydrogen) atoms. The first-order valence-electron chi connectivity index (χ1n) is 4.75. The van der Waals surface area contributed by atoms with E-state index < -0.39 is 17.5 Å². The summed E-state index contributed by atoms with van der Waals surface area (Å²) in [6.07, 6.45) is 0. The quantitative estimate of drug-likeness (QED) is 0.874. The molecule has 0 aliphatic carbocycles. The molecule has 0 bridgehead atoms. The largest absolute Gasteiger partial charge is 0.361 e. The average Bonchev–Trinajstić information content (AvgIpc) is 2.63. The fraction of sp³-hybridized carbons (Fsp3) is 0.0909. The number of benzene rings is 1. The highest BCUT2D eigenvalue weighted by Crippen LogP contribution is 2.14. The van der Waals surface area contributed by atoms with Crippen molar-refractivity contribution in [2.24, 2.45) is 0 Å². The van der Waals surface area contributed by atoms with E-state index in [2.05, 4.69) is 10.5 Å². The van der Waals surface area contributed by atoms with Crippen molar-refractivity contribution in [1.82, 2.24) is 5.16 Å². The smallest absolute Gasteiger partial charge is 0.277 e. The Morgan fingerprint density at radius 2 is 1.88 bits per heavy atom. The molecule has 1 heterocycles. The van der Waals surface area contributed by atoms with E-state index >= 15 is 0 Å². The lowest BCUT2D eigenvalue weighted by Gasteiger charge is -2.02. The minimum atomic E-state index is -0.767. The van der Waals surface area contributed by atoms with Crippen LogP contribution in [0.4, 0.5) is 14.5 Å². The molecule has 0 unspecified atom stereocenters.